The monoisotopic (exact) mass is 321 g/mol. The summed E-state index contributed by atoms with van der Waals surface area (Å²) in [7, 11) is 0. The zero-order valence-electron chi connectivity index (χ0n) is 14.0. The van der Waals surface area contributed by atoms with E-state index in [-0.39, 0.29) is 5.92 Å². The van der Waals surface area contributed by atoms with Gasteiger partial charge in [-0.15, -0.1) is 0 Å². The Morgan fingerprint density at radius 2 is 2.09 bits per heavy atom. The minimum Gasteiger partial charge on any atom is -0.381 e. The number of ether oxygens (including phenoxy) is 1. The van der Waals surface area contributed by atoms with Crippen molar-refractivity contribution >= 4 is 5.91 Å². The van der Waals surface area contributed by atoms with Crippen LogP contribution in [0.5, 0.6) is 0 Å². The van der Waals surface area contributed by atoms with Gasteiger partial charge in [-0.25, -0.2) is 9.67 Å². The summed E-state index contributed by atoms with van der Waals surface area (Å²) >= 11 is 0. The number of aromatic nitrogens is 3. The topological polar surface area (TPSA) is 63.5 Å². The van der Waals surface area contributed by atoms with E-state index in [0.29, 0.717) is 5.91 Å². The van der Waals surface area contributed by atoms with Crippen LogP contribution in [0.15, 0.2) is 6.33 Å². The molecule has 1 aromatic heterocycles. The Balaban J connectivity index is 1.53. The Hall–Kier alpha value is -1.47. The van der Waals surface area contributed by atoms with Crippen LogP contribution in [0.3, 0.4) is 0 Å². The lowest BCUT2D eigenvalue weighted by molar-refractivity contribution is -0.138. The number of rotatable bonds is 4. The maximum Gasteiger partial charge on any atom is 0.225 e. The predicted molar refractivity (Wildman–Crippen MR) is 85.7 cm³/mol. The van der Waals surface area contributed by atoms with Gasteiger partial charge in [0.05, 0.1) is 6.54 Å². The Kier molecular flexibility index (Phi) is 5.61. The second-order valence-electron chi connectivity index (χ2n) is 6.33. The highest BCUT2D eigenvalue weighted by Gasteiger charge is 2.27. The summed E-state index contributed by atoms with van der Waals surface area (Å²) in [4.78, 5) is 21.4. The fourth-order valence-corrected chi connectivity index (χ4v) is 3.43. The first kappa shape index (κ1) is 16.4. The third-order valence-corrected chi connectivity index (χ3v) is 4.83. The molecule has 0 bridgehead atoms. The quantitative estimate of drug-likeness (QED) is 0.819. The van der Waals surface area contributed by atoms with Gasteiger partial charge in [-0.2, -0.15) is 5.10 Å². The van der Waals surface area contributed by atoms with Gasteiger partial charge in [-0.05, 0) is 26.2 Å². The number of carbonyl (C=O) groups excluding carboxylic acids is 1. The molecule has 2 aliphatic rings. The number of carbonyl (C=O) groups is 1. The van der Waals surface area contributed by atoms with Gasteiger partial charge in [0.15, 0.2) is 0 Å². The molecule has 0 atom stereocenters. The minimum atomic E-state index is 0.165. The van der Waals surface area contributed by atoms with Gasteiger partial charge >= 0.3 is 0 Å². The van der Waals surface area contributed by atoms with Crippen LogP contribution < -0.4 is 0 Å². The van der Waals surface area contributed by atoms with Crippen molar-refractivity contribution in [2.45, 2.75) is 39.3 Å². The van der Waals surface area contributed by atoms with Crippen LogP contribution in [0, 0.1) is 5.92 Å². The van der Waals surface area contributed by atoms with Gasteiger partial charge in [-0.1, -0.05) is 0 Å². The molecule has 0 radical (unpaired) electrons. The maximum absolute atomic E-state index is 12.7. The first-order chi connectivity index (χ1) is 11.3. The van der Waals surface area contributed by atoms with Gasteiger partial charge < -0.3 is 9.64 Å². The van der Waals surface area contributed by atoms with E-state index >= 15 is 0 Å². The van der Waals surface area contributed by atoms with Crippen molar-refractivity contribution in [3.8, 4) is 0 Å². The molecule has 1 aromatic rings. The molecule has 1 amide bonds. The van der Waals surface area contributed by atoms with Crippen molar-refractivity contribution in [1.82, 2.24) is 24.6 Å². The lowest BCUT2D eigenvalue weighted by atomic mass is 9.98. The average molecular weight is 321 g/mol. The second kappa shape index (κ2) is 7.88. The summed E-state index contributed by atoms with van der Waals surface area (Å²) in [5, 5.41) is 4.23. The first-order valence-corrected chi connectivity index (χ1v) is 8.73. The maximum atomic E-state index is 12.7. The SMILES string of the molecule is CCn1ncnc1CN1CCCN(C(=O)C2CCOCC2)CC1. The third-order valence-electron chi connectivity index (χ3n) is 4.83. The molecule has 0 N–H and O–H groups in total. The van der Waals surface area contributed by atoms with Crippen molar-refractivity contribution in [3.63, 3.8) is 0 Å². The fourth-order valence-electron chi connectivity index (χ4n) is 3.43. The molecule has 2 aliphatic heterocycles. The summed E-state index contributed by atoms with van der Waals surface area (Å²) in [5.74, 6) is 1.50. The largest absolute Gasteiger partial charge is 0.381 e. The normalized spacial score (nSPS) is 21.3. The van der Waals surface area contributed by atoms with Crippen molar-refractivity contribution in [2.75, 3.05) is 39.4 Å². The van der Waals surface area contributed by atoms with Crippen LogP contribution in [0.25, 0.3) is 0 Å². The number of hydrogen-bond donors (Lipinski definition) is 0. The molecule has 0 spiro atoms. The highest BCUT2D eigenvalue weighted by Crippen LogP contribution is 2.19. The molecule has 0 unspecified atom stereocenters. The van der Waals surface area contributed by atoms with Crippen molar-refractivity contribution in [3.05, 3.63) is 12.2 Å². The minimum absolute atomic E-state index is 0.165. The molecule has 3 rings (SSSR count). The molecule has 0 aliphatic carbocycles. The van der Waals surface area contributed by atoms with Crippen molar-refractivity contribution in [2.24, 2.45) is 5.92 Å². The third kappa shape index (κ3) is 4.09. The molecule has 3 heterocycles. The second-order valence-corrected chi connectivity index (χ2v) is 6.33. The van der Waals surface area contributed by atoms with E-state index in [1.807, 2.05) is 4.68 Å². The van der Waals surface area contributed by atoms with Gasteiger partial charge in [0.25, 0.3) is 0 Å². The summed E-state index contributed by atoms with van der Waals surface area (Å²) in [6, 6.07) is 0. The van der Waals surface area contributed by atoms with Crippen LogP contribution in [0.1, 0.15) is 32.0 Å². The Bertz CT molecular complexity index is 512. The molecule has 2 saturated heterocycles. The van der Waals surface area contributed by atoms with E-state index in [9.17, 15) is 4.79 Å². The van der Waals surface area contributed by atoms with Crippen LogP contribution in [0.2, 0.25) is 0 Å². The first-order valence-electron chi connectivity index (χ1n) is 8.73. The van der Waals surface area contributed by atoms with E-state index in [0.717, 1.165) is 77.6 Å². The highest BCUT2D eigenvalue weighted by atomic mass is 16.5. The zero-order chi connectivity index (χ0) is 16.1. The summed E-state index contributed by atoms with van der Waals surface area (Å²) in [6.07, 6.45) is 4.39. The Morgan fingerprint density at radius 3 is 2.87 bits per heavy atom. The number of aryl methyl sites for hydroxylation is 1. The van der Waals surface area contributed by atoms with Gasteiger partial charge in [-0.3, -0.25) is 9.69 Å². The van der Waals surface area contributed by atoms with Crippen LogP contribution in [-0.2, 0) is 22.6 Å². The van der Waals surface area contributed by atoms with Crippen LogP contribution >= 0.6 is 0 Å². The molecule has 128 valence electrons. The summed E-state index contributed by atoms with van der Waals surface area (Å²) in [5.41, 5.74) is 0. The van der Waals surface area contributed by atoms with Crippen LogP contribution in [0.4, 0.5) is 0 Å². The number of amides is 1. The molecular formula is C16H27N5O2. The molecule has 7 nitrogen and oxygen atoms in total. The van der Waals surface area contributed by atoms with E-state index in [1.54, 1.807) is 6.33 Å². The lowest BCUT2D eigenvalue weighted by Crippen LogP contribution is -2.40. The average Bonchev–Trinajstić information content (AvgIpc) is 2.91. The van der Waals surface area contributed by atoms with Gasteiger partial charge in [0.1, 0.15) is 12.2 Å². The standard InChI is InChI=1S/C16H27N5O2/c1-2-21-15(17-13-18-21)12-19-6-3-7-20(9-8-19)16(22)14-4-10-23-11-5-14/h13-14H,2-12H2,1H3. The van der Waals surface area contributed by atoms with Gasteiger partial charge in [0.2, 0.25) is 5.91 Å². The fraction of sp³-hybridized carbons (Fsp3) is 0.812. The molecule has 23 heavy (non-hydrogen) atoms. The summed E-state index contributed by atoms with van der Waals surface area (Å²) in [6.45, 7) is 8.79. The Morgan fingerprint density at radius 1 is 1.26 bits per heavy atom. The summed E-state index contributed by atoms with van der Waals surface area (Å²) < 4.78 is 7.31. The smallest absolute Gasteiger partial charge is 0.225 e. The van der Waals surface area contributed by atoms with Gasteiger partial charge in [0, 0.05) is 51.9 Å². The Labute approximate surface area is 137 Å². The predicted octanol–water partition coefficient (Wildman–Crippen LogP) is 0.759. The molecule has 0 aromatic carbocycles. The van der Waals surface area contributed by atoms with E-state index in [4.69, 9.17) is 4.74 Å². The zero-order valence-corrected chi connectivity index (χ0v) is 14.0. The van der Waals surface area contributed by atoms with Crippen molar-refractivity contribution in [1.29, 1.82) is 0 Å². The van der Waals surface area contributed by atoms with E-state index in [1.165, 1.54) is 0 Å². The van der Waals surface area contributed by atoms with E-state index in [2.05, 4.69) is 26.8 Å². The molecule has 2 fully saturated rings. The highest BCUT2D eigenvalue weighted by molar-refractivity contribution is 5.79. The lowest BCUT2D eigenvalue weighted by Gasteiger charge is -2.28. The number of nitrogens with zero attached hydrogens (tertiary/aromatic N) is 5. The van der Waals surface area contributed by atoms with E-state index < -0.39 is 0 Å². The van der Waals surface area contributed by atoms with Crippen LogP contribution in [-0.4, -0.2) is 69.9 Å². The number of hydrogen-bond acceptors (Lipinski definition) is 5. The molecular weight excluding hydrogens is 294 g/mol. The van der Waals surface area contributed by atoms with Crippen molar-refractivity contribution < 1.29 is 9.53 Å². The molecule has 7 heteroatoms. The molecule has 0 saturated carbocycles.